The van der Waals surface area contributed by atoms with E-state index in [1.165, 1.54) is 0 Å². The fraction of sp³-hybridized carbons (Fsp3) is 0.583. The highest BCUT2D eigenvalue weighted by Crippen LogP contribution is 2.34. The molecule has 0 aliphatic rings. The predicted molar refractivity (Wildman–Crippen MR) is 68.0 cm³/mol. The molecule has 0 aliphatic heterocycles. The number of pyridine rings is 1. The molecule has 0 amide bonds. The smallest absolute Gasteiger partial charge is 0.216 e. The van der Waals surface area contributed by atoms with E-state index in [4.69, 9.17) is 9.47 Å². The third kappa shape index (κ3) is 3.19. The first-order chi connectivity index (χ1) is 7.51. The summed E-state index contributed by atoms with van der Waals surface area (Å²) in [5, 5.41) is 0. The van der Waals surface area contributed by atoms with E-state index in [-0.39, 0.29) is 5.41 Å². The van der Waals surface area contributed by atoms with E-state index in [1.807, 2.05) is 0 Å². The monoisotopic (exact) mass is 287 g/mol. The van der Waals surface area contributed by atoms with Crippen LogP contribution < -0.4 is 4.74 Å². The van der Waals surface area contributed by atoms with Crippen molar-refractivity contribution in [1.29, 1.82) is 0 Å². The maximum atomic E-state index is 5.29. The first-order valence-electron chi connectivity index (χ1n) is 5.20. The molecular formula is C12H18BrNO2. The first kappa shape index (κ1) is 13.5. The highest BCUT2D eigenvalue weighted by Gasteiger charge is 2.25. The maximum Gasteiger partial charge on any atom is 0.216 e. The maximum absolute atomic E-state index is 5.29. The van der Waals surface area contributed by atoms with Crippen LogP contribution in [-0.2, 0) is 10.2 Å². The Morgan fingerprint density at radius 3 is 2.62 bits per heavy atom. The van der Waals surface area contributed by atoms with Crippen molar-refractivity contribution in [2.45, 2.75) is 25.7 Å². The van der Waals surface area contributed by atoms with Gasteiger partial charge in [-0.25, -0.2) is 4.98 Å². The van der Waals surface area contributed by atoms with Gasteiger partial charge in [0.1, 0.15) is 0 Å². The summed E-state index contributed by atoms with van der Waals surface area (Å²) >= 11 is 3.44. The Balaban J connectivity index is 3.04. The van der Waals surface area contributed by atoms with Crippen LogP contribution in [0.25, 0.3) is 0 Å². The van der Waals surface area contributed by atoms with E-state index < -0.39 is 0 Å². The van der Waals surface area contributed by atoms with Gasteiger partial charge in [-0.05, 0) is 33.8 Å². The lowest BCUT2D eigenvalue weighted by Crippen LogP contribution is -2.21. The standard InChI is InChI=1S/C12H18BrNO2/c1-12(2,5-6-15-3)10-7-9(13)8-14-11(10)16-4/h7-8H,5-6H2,1-4H3. The summed E-state index contributed by atoms with van der Waals surface area (Å²) in [4.78, 5) is 4.26. The van der Waals surface area contributed by atoms with Crippen molar-refractivity contribution < 1.29 is 9.47 Å². The lowest BCUT2D eigenvalue weighted by molar-refractivity contribution is 0.173. The summed E-state index contributed by atoms with van der Waals surface area (Å²) in [5.74, 6) is 0.685. The molecular weight excluding hydrogens is 270 g/mol. The molecule has 0 bridgehead atoms. The molecule has 3 nitrogen and oxygen atoms in total. The molecule has 16 heavy (non-hydrogen) atoms. The van der Waals surface area contributed by atoms with Crippen LogP contribution in [0.2, 0.25) is 0 Å². The Hall–Kier alpha value is -0.610. The van der Waals surface area contributed by atoms with E-state index in [2.05, 4.69) is 40.8 Å². The number of hydrogen-bond donors (Lipinski definition) is 0. The van der Waals surface area contributed by atoms with Crippen molar-refractivity contribution in [2.24, 2.45) is 0 Å². The van der Waals surface area contributed by atoms with Crippen LogP contribution in [0.5, 0.6) is 5.88 Å². The Morgan fingerprint density at radius 1 is 1.38 bits per heavy atom. The second-order valence-electron chi connectivity index (χ2n) is 4.34. The minimum Gasteiger partial charge on any atom is -0.481 e. The SMILES string of the molecule is COCCC(C)(C)c1cc(Br)cnc1OC. The molecule has 0 aromatic carbocycles. The molecule has 0 aliphatic carbocycles. The molecule has 1 aromatic rings. The number of hydrogen-bond acceptors (Lipinski definition) is 3. The average Bonchev–Trinajstić information content (AvgIpc) is 2.26. The van der Waals surface area contributed by atoms with Crippen LogP contribution in [0.4, 0.5) is 0 Å². The minimum atomic E-state index is -0.0157. The lowest BCUT2D eigenvalue weighted by atomic mass is 9.82. The summed E-state index contributed by atoms with van der Waals surface area (Å²) < 4.78 is 11.4. The third-order valence-corrected chi connectivity index (χ3v) is 3.11. The highest BCUT2D eigenvalue weighted by atomic mass is 79.9. The van der Waals surface area contributed by atoms with Gasteiger partial charge in [-0.1, -0.05) is 13.8 Å². The van der Waals surface area contributed by atoms with E-state index >= 15 is 0 Å². The molecule has 0 fully saturated rings. The van der Waals surface area contributed by atoms with Crippen molar-refractivity contribution in [3.63, 3.8) is 0 Å². The van der Waals surface area contributed by atoms with Gasteiger partial charge in [-0.2, -0.15) is 0 Å². The summed E-state index contributed by atoms with van der Waals surface area (Å²) in [7, 11) is 3.36. The largest absolute Gasteiger partial charge is 0.481 e. The Kier molecular flexibility index (Phi) is 4.74. The first-order valence-corrected chi connectivity index (χ1v) is 5.99. The number of rotatable bonds is 5. The normalized spacial score (nSPS) is 11.6. The zero-order valence-corrected chi connectivity index (χ0v) is 11.8. The number of nitrogens with zero attached hydrogens (tertiary/aromatic N) is 1. The molecule has 0 radical (unpaired) electrons. The van der Waals surface area contributed by atoms with Gasteiger partial charge in [0.2, 0.25) is 5.88 Å². The van der Waals surface area contributed by atoms with E-state index in [9.17, 15) is 0 Å². The van der Waals surface area contributed by atoms with Gasteiger partial charge in [0, 0.05) is 29.9 Å². The third-order valence-electron chi connectivity index (χ3n) is 2.67. The van der Waals surface area contributed by atoms with Crippen molar-refractivity contribution in [2.75, 3.05) is 20.8 Å². The summed E-state index contributed by atoms with van der Waals surface area (Å²) in [6.07, 6.45) is 2.67. The summed E-state index contributed by atoms with van der Waals surface area (Å²) in [6, 6.07) is 2.06. The van der Waals surface area contributed by atoms with Crippen LogP contribution in [0.3, 0.4) is 0 Å². The van der Waals surface area contributed by atoms with Crippen LogP contribution >= 0.6 is 15.9 Å². The quantitative estimate of drug-likeness (QED) is 0.834. The second-order valence-corrected chi connectivity index (χ2v) is 5.25. The fourth-order valence-corrected chi connectivity index (χ4v) is 1.90. The molecule has 4 heteroatoms. The second kappa shape index (κ2) is 5.64. The van der Waals surface area contributed by atoms with Gasteiger partial charge in [-0.15, -0.1) is 0 Å². The molecule has 0 spiro atoms. The average molecular weight is 288 g/mol. The zero-order valence-electron chi connectivity index (χ0n) is 10.2. The van der Waals surface area contributed by atoms with Crippen molar-refractivity contribution in [3.8, 4) is 5.88 Å². The summed E-state index contributed by atoms with van der Waals surface area (Å²) in [5.41, 5.74) is 1.08. The number of halogens is 1. The van der Waals surface area contributed by atoms with E-state index in [1.54, 1.807) is 20.4 Å². The van der Waals surface area contributed by atoms with Crippen LogP contribution in [-0.4, -0.2) is 25.8 Å². The Labute approximate surface area is 105 Å². The van der Waals surface area contributed by atoms with Gasteiger partial charge >= 0.3 is 0 Å². The fourth-order valence-electron chi connectivity index (χ4n) is 1.57. The topological polar surface area (TPSA) is 31.4 Å². The van der Waals surface area contributed by atoms with Crippen molar-refractivity contribution in [1.82, 2.24) is 4.98 Å². The van der Waals surface area contributed by atoms with E-state index in [0.717, 1.165) is 23.1 Å². The van der Waals surface area contributed by atoms with Gasteiger partial charge in [0.15, 0.2) is 0 Å². The van der Waals surface area contributed by atoms with Gasteiger partial charge < -0.3 is 9.47 Å². The summed E-state index contributed by atoms with van der Waals surface area (Å²) in [6.45, 7) is 5.05. The molecule has 90 valence electrons. The Morgan fingerprint density at radius 2 is 2.06 bits per heavy atom. The number of aromatic nitrogens is 1. The zero-order chi connectivity index (χ0) is 12.2. The minimum absolute atomic E-state index is 0.0157. The molecule has 1 heterocycles. The van der Waals surface area contributed by atoms with Gasteiger partial charge in [0.05, 0.1) is 7.11 Å². The van der Waals surface area contributed by atoms with Crippen LogP contribution in [0.1, 0.15) is 25.8 Å². The van der Waals surface area contributed by atoms with Crippen molar-refractivity contribution in [3.05, 3.63) is 22.3 Å². The van der Waals surface area contributed by atoms with E-state index in [0.29, 0.717) is 5.88 Å². The predicted octanol–water partition coefficient (Wildman–Crippen LogP) is 3.17. The highest BCUT2D eigenvalue weighted by molar-refractivity contribution is 9.10. The molecule has 0 saturated heterocycles. The molecule has 0 unspecified atom stereocenters. The Bertz CT molecular complexity index is 353. The van der Waals surface area contributed by atoms with Crippen molar-refractivity contribution >= 4 is 15.9 Å². The van der Waals surface area contributed by atoms with Gasteiger partial charge in [0.25, 0.3) is 0 Å². The molecule has 0 saturated carbocycles. The molecule has 0 atom stereocenters. The molecule has 1 rings (SSSR count). The molecule has 1 aromatic heterocycles. The van der Waals surface area contributed by atoms with Crippen LogP contribution in [0.15, 0.2) is 16.7 Å². The number of methoxy groups -OCH3 is 2. The number of ether oxygens (including phenoxy) is 2. The molecule has 0 N–H and O–H groups in total. The van der Waals surface area contributed by atoms with Gasteiger partial charge in [-0.3, -0.25) is 0 Å². The van der Waals surface area contributed by atoms with Crippen LogP contribution in [0, 0.1) is 0 Å². The lowest BCUT2D eigenvalue weighted by Gasteiger charge is -2.26.